The minimum absolute atomic E-state index is 0.868. The minimum atomic E-state index is 0.868. The zero-order valence-corrected chi connectivity index (χ0v) is 12.8. The first kappa shape index (κ1) is 13.9. The van der Waals surface area contributed by atoms with Crippen molar-refractivity contribution in [3.63, 3.8) is 0 Å². The molecule has 0 bridgehead atoms. The Hall–Kier alpha value is -1.02. The molecule has 2 heteroatoms. The molecule has 20 heavy (non-hydrogen) atoms. The molecule has 110 valence electrons. The average Bonchev–Trinajstić information content (AvgIpc) is 3.26. The van der Waals surface area contributed by atoms with Gasteiger partial charge in [0.05, 0.1) is 0 Å². The number of anilines is 1. The summed E-state index contributed by atoms with van der Waals surface area (Å²) in [5.74, 6) is 0. The lowest BCUT2D eigenvalue weighted by Crippen LogP contribution is -2.30. The Balaban J connectivity index is 1.41. The minimum Gasteiger partial charge on any atom is -0.371 e. The van der Waals surface area contributed by atoms with Crippen LogP contribution in [0.2, 0.25) is 0 Å². The summed E-state index contributed by atoms with van der Waals surface area (Å²) in [5.41, 5.74) is 4.46. The number of hydrogen-bond acceptors (Lipinski definition) is 2. The van der Waals surface area contributed by atoms with Gasteiger partial charge in [-0.25, -0.2) is 0 Å². The first-order chi connectivity index (χ1) is 9.83. The van der Waals surface area contributed by atoms with Gasteiger partial charge in [0.15, 0.2) is 0 Å². The fourth-order valence-electron chi connectivity index (χ4n) is 3.23. The van der Waals surface area contributed by atoms with E-state index in [1.807, 2.05) is 0 Å². The molecule has 1 aromatic carbocycles. The third kappa shape index (κ3) is 3.76. The fourth-order valence-corrected chi connectivity index (χ4v) is 3.23. The smallest absolute Gasteiger partial charge is 0.0398 e. The molecule has 0 aromatic heterocycles. The summed E-state index contributed by atoms with van der Waals surface area (Å²) >= 11 is 0. The van der Waals surface area contributed by atoms with Crippen LogP contribution >= 0.6 is 0 Å². The summed E-state index contributed by atoms with van der Waals surface area (Å²) < 4.78 is 0. The molecule has 1 aliphatic heterocycles. The lowest BCUT2D eigenvalue weighted by atomic mass is 9.99. The van der Waals surface area contributed by atoms with Crippen LogP contribution < -0.4 is 10.2 Å². The van der Waals surface area contributed by atoms with Gasteiger partial charge in [0.25, 0.3) is 0 Å². The molecule has 3 rings (SSSR count). The van der Waals surface area contributed by atoms with E-state index in [1.165, 1.54) is 75.8 Å². The van der Waals surface area contributed by atoms with Crippen molar-refractivity contribution in [3.05, 3.63) is 29.3 Å². The van der Waals surface area contributed by atoms with E-state index in [1.54, 1.807) is 5.56 Å². The summed E-state index contributed by atoms with van der Waals surface area (Å²) in [6.07, 6.45) is 9.43. The molecule has 1 N–H and O–H groups in total. The zero-order valence-electron chi connectivity index (χ0n) is 12.8. The molecular weight excluding hydrogens is 244 g/mol. The molecule has 1 heterocycles. The van der Waals surface area contributed by atoms with Crippen LogP contribution in [0.3, 0.4) is 0 Å². The zero-order chi connectivity index (χ0) is 13.8. The van der Waals surface area contributed by atoms with E-state index in [0.29, 0.717) is 0 Å². The normalized spacial score (nSPS) is 18.1. The van der Waals surface area contributed by atoms with Crippen molar-refractivity contribution in [2.24, 2.45) is 0 Å². The maximum atomic E-state index is 3.60. The second kappa shape index (κ2) is 6.62. The van der Waals surface area contributed by atoms with Gasteiger partial charge in [0.2, 0.25) is 0 Å². The summed E-state index contributed by atoms with van der Waals surface area (Å²) in [7, 11) is 0. The van der Waals surface area contributed by atoms with Crippen molar-refractivity contribution in [2.75, 3.05) is 24.5 Å². The van der Waals surface area contributed by atoms with Crippen molar-refractivity contribution in [1.82, 2.24) is 5.32 Å². The highest BCUT2D eigenvalue weighted by molar-refractivity contribution is 5.56. The second-order valence-electron chi connectivity index (χ2n) is 6.51. The lowest BCUT2D eigenvalue weighted by molar-refractivity contribution is 0.584. The van der Waals surface area contributed by atoms with Crippen molar-refractivity contribution < 1.29 is 0 Å². The fraction of sp³-hybridized carbons (Fsp3) is 0.667. The summed E-state index contributed by atoms with van der Waals surface area (Å²) in [4.78, 5) is 2.60. The van der Waals surface area contributed by atoms with Gasteiger partial charge < -0.3 is 10.2 Å². The number of aryl methyl sites for hydroxylation is 2. The Kier molecular flexibility index (Phi) is 4.62. The molecule has 1 fully saturated rings. The van der Waals surface area contributed by atoms with E-state index >= 15 is 0 Å². The Bertz CT molecular complexity index is 437. The molecular formula is C18H28N2. The van der Waals surface area contributed by atoms with Gasteiger partial charge in [-0.2, -0.15) is 0 Å². The molecule has 0 spiro atoms. The summed E-state index contributed by atoms with van der Waals surface area (Å²) in [6.45, 7) is 5.91. The Morgan fingerprint density at radius 1 is 1.20 bits per heavy atom. The van der Waals surface area contributed by atoms with Gasteiger partial charge in [0, 0.05) is 24.8 Å². The van der Waals surface area contributed by atoms with Crippen LogP contribution in [-0.2, 0) is 6.42 Å². The van der Waals surface area contributed by atoms with Crippen LogP contribution in [-0.4, -0.2) is 25.7 Å². The molecule has 1 aliphatic carbocycles. The SMILES string of the molecule is Cc1ccc2c(c1)CCCN2CCCCCNC1CC1. The maximum absolute atomic E-state index is 3.60. The Morgan fingerprint density at radius 2 is 2.10 bits per heavy atom. The number of unbranched alkanes of at least 4 members (excludes halogenated alkanes) is 2. The summed E-state index contributed by atoms with van der Waals surface area (Å²) in [6, 6.07) is 7.84. The van der Waals surface area contributed by atoms with E-state index < -0.39 is 0 Å². The lowest BCUT2D eigenvalue weighted by Gasteiger charge is -2.31. The van der Waals surface area contributed by atoms with Gasteiger partial charge >= 0.3 is 0 Å². The van der Waals surface area contributed by atoms with Crippen molar-refractivity contribution in [3.8, 4) is 0 Å². The van der Waals surface area contributed by atoms with Gasteiger partial charge in [-0.1, -0.05) is 24.1 Å². The number of hydrogen-bond donors (Lipinski definition) is 1. The number of nitrogens with zero attached hydrogens (tertiary/aromatic N) is 1. The van der Waals surface area contributed by atoms with Gasteiger partial charge in [-0.15, -0.1) is 0 Å². The quantitative estimate of drug-likeness (QED) is 0.762. The van der Waals surface area contributed by atoms with Crippen molar-refractivity contribution in [2.45, 2.75) is 57.9 Å². The number of benzene rings is 1. The molecule has 1 aromatic rings. The highest BCUT2D eigenvalue weighted by Gasteiger charge is 2.19. The van der Waals surface area contributed by atoms with E-state index in [9.17, 15) is 0 Å². The first-order valence-electron chi connectivity index (χ1n) is 8.41. The topological polar surface area (TPSA) is 15.3 Å². The van der Waals surface area contributed by atoms with E-state index in [2.05, 4.69) is 35.3 Å². The molecule has 1 saturated carbocycles. The monoisotopic (exact) mass is 272 g/mol. The molecule has 0 atom stereocenters. The molecule has 0 radical (unpaired) electrons. The highest BCUT2D eigenvalue weighted by Crippen LogP contribution is 2.28. The van der Waals surface area contributed by atoms with Gasteiger partial charge in [-0.3, -0.25) is 0 Å². The molecule has 2 nitrogen and oxygen atoms in total. The maximum Gasteiger partial charge on any atom is 0.0398 e. The summed E-state index contributed by atoms with van der Waals surface area (Å²) in [5, 5.41) is 3.60. The van der Waals surface area contributed by atoms with Crippen LogP contribution in [0.15, 0.2) is 18.2 Å². The van der Waals surface area contributed by atoms with Crippen molar-refractivity contribution in [1.29, 1.82) is 0 Å². The number of fused-ring (bicyclic) bond motifs is 1. The van der Waals surface area contributed by atoms with Crippen LogP contribution in [0.25, 0.3) is 0 Å². The predicted molar refractivity (Wildman–Crippen MR) is 86.6 cm³/mol. The largest absolute Gasteiger partial charge is 0.371 e. The van der Waals surface area contributed by atoms with E-state index in [0.717, 1.165) is 6.04 Å². The predicted octanol–water partition coefficient (Wildman–Crippen LogP) is 3.67. The number of nitrogens with one attached hydrogen (secondary N) is 1. The Labute approximate surface area is 123 Å². The molecule has 0 saturated heterocycles. The standard InChI is InChI=1S/C18H28N2/c1-15-7-10-18-16(14-15)6-5-13-20(18)12-4-2-3-11-19-17-8-9-17/h7,10,14,17,19H,2-6,8-9,11-13H2,1H3. The first-order valence-corrected chi connectivity index (χ1v) is 8.41. The van der Waals surface area contributed by atoms with Crippen LogP contribution in [0, 0.1) is 6.92 Å². The van der Waals surface area contributed by atoms with Gasteiger partial charge in [-0.05, 0) is 63.6 Å². The molecule has 2 aliphatic rings. The van der Waals surface area contributed by atoms with Crippen molar-refractivity contribution >= 4 is 5.69 Å². The second-order valence-corrected chi connectivity index (χ2v) is 6.51. The Morgan fingerprint density at radius 3 is 2.95 bits per heavy atom. The highest BCUT2D eigenvalue weighted by atomic mass is 15.1. The van der Waals surface area contributed by atoms with Crippen LogP contribution in [0.5, 0.6) is 0 Å². The third-order valence-electron chi connectivity index (χ3n) is 4.57. The van der Waals surface area contributed by atoms with E-state index in [4.69, 9.17) is 0 Å². The average molecular weight is 272 g/mol. The third-order valence-corrected chi connectivity index (χ3v) is 4.57. The van der Waals surface area contributed by atoms with Gasteiger partial charge in [0.1, 0.15) is 0 Å². The molecule has 0 amide bonds. The molecule has 0 unspecified atom stereocenters. The number of rotatable bonds is 7. The van der Waals surface area contributed by atoms with Crippen LogP contribution in [0.4, 0.5) is 5.69 Å². The van der Waals surface area contributed by atoms with E-state index in [-0.39, 0.29) is 0 Å². The van der Waals surface area contributed by atoms with Crippen LogP contribution in [0.1, 0.15) is 49.7 Å².